The highest BCUT2D eigenvalue weighted by molar-refractivity contribution is 7.80. The van der Waals surface area contributed by atoms with Crippen molar-refractivity contribution in [2.75, 3.05) is 0 Å². The molecule has 5 aromatic rings. The highest BCUT2D eigenvalue weighted by Crippen LogP contribution is 2.53. The first-order chi connectivity index (χ1) is 23.9. The number of aryl methyl sites for hydroxylation is 10. The van der Waals surface area contributed by atoms with Crippen molar-refractivity contribution in [3.63, 3.8) is 0 Å². The van der Waals surface area contributed by atoms with Gasteiger partial charge in [-0.2, -0.15) is 0 Å². The first-order valence-electron chi connectivity index (χ1n) is 18.3. The van der Waals surface area contributed by atoms with Crippen LogP contribution in [0.4, 0.5) is 0 Å². The number of hydrogen-bond donors (Lipinski definition) is 0. The summed E-state index contributed by atoms with van der Waals surface area (Å²) in [4.78, 5) is 0. The van der Waals surface area contributed by atoms with Crippen LogP contribution in [0.3, 0.4) is 0 Å². The van der Waals surface area contributed by atoms with Crippen LogP contribution in [0.5, 0.6) is 0 Å². The Morgan fingerprint density at radius 2 is 0.860 bits per heavy atom. The lowest BCUT2D eigenvalue weighted by atomic mass is 10.0. The quantitative estimate of drug-likeness (QED) is 0.128. The van der Waals surface area contributed by atoms with Crippen LogP contribution in [0.15, 0.2) is 114 Å². The van der Waals surface area contributed by atoms with Crippen molar-refractivity contribution in [1.29, 1.82) is 0 Å². The van der Waals surface area contributed by atoms with E-state index in [0.717, 1.165) is 19.3 Å². The summed E-state index contributed by atoms with van der Waals surface area (Å²) in [5.74, 6) is 0.480. The minimum absolute atomic E-state index is 0.480. The normalized spacial score (nSPS) is 14.4. The maximum absolute atomic E-state index is 2.56. The predicted octanol–water partition coefficient (Wildman–Crippen LogP) is 11.1. The Kier molecular flexibility index (Phi) is 11.1. The summed E-state index contributed by atoms with van der Waals surface area (Å²) < 4.78 is 0. The minimum Gasteiger partial charge on any atom is -0.0767 e. The molecule has 0 heterocycles. The molecule has 0 saturated carbocycles. The molecule has 2 heteroatoms. The van der Waals surface area contributed by atoms with E-state index < -0.39 is 15.8 Å². The number of rotatable bonds is 10. The molecule has 0 bridgehead atoms. The maximum atomic E-state index is 2.56. The zero-order chi connectivity index (χ0) is 35.7. The van der Waals surface area contributed by atoms with E-state index in [1.165, 1.54) is 82.2 Å². The molecule has 5 aromatic carbocycles. The van der Waals surface area contributed by atoms with E-state index in [9.17, 15) is 0 Å². The van der Waals surface area contributed by atoms with Crippen molar-refractivity contribution in [2.24, 2.45) is 5.92 Å². The molecular formula is C48H54P2. The summed E-state index contributed by atoms with van der Waals surface area (Å²) in [5, 5.41) is 9.03. The molecule has 0 amide bonds. The first kappa shape index (κ1) is 36.2. The second-order valence-electron chi connectivity index (χ2n) is 15.0. The minimum atomic E-state index is -0.694. The molecule has 256 valence electrons. The van der Waals surface area contributed by atoms with Crippen molar-refractivity contribution in [3.05, 3.63) is 170 Å². The van der Waals surface area contributed by atoms with E-state index >= 15 is 0 Å². The molecule has 0 radical (unpaired) electrons. The highest BCUT2D eigenvalue weighted by atomic mass is 31.1. The van der Waals surface area contributed by atoms with Gasteiger partial charge in [-0.25, -0.2) is 0 Å². The number of allylic oxidation sites excluding steroid dienone is 4. The van der Waals surface area contributed by atoms with E-state index in [1.807, 2.05) is 0 Å². The van der Waals surface area contributed by atoms with Gasteiger partial charge in [-0.1, -0.05) is 155 Å². The van der Waals surface area contributed by atoms with Crippen molar-refractivity contribution in [3.8, 4) is 0 Å². The van der Waals surface area contributed by atoms with Crippen LogP contribution >= 0.6 is 15.8 Å². The average Bonchev–Trinajstić information content (AvgIpc) is 3.42. The van der Waals surface area contributed by atoms with Crippen LogP contribution in [-0.4, -0.2) is 0 Å². The molecular weight excluding hydrogens is 638 g/mol. The van der Waals surface area contributed by atoms with E-state index in [4.69, 9.17) is 0 Å². The lowest BCUT2D eigenvalue weighted by molar-refractivity contribution is 0.766. The third-order valence-corrected chi connectivity index (χ3v) is 15.1. The van der Waals surface area contributed by atoms with Gasteiger partial charge in [0, 0.05) is 5.92 Å². The summed E-state index contributed by atoms with van der Waals surface area (Å²) in [6.45, 7) is 22.7. The largest absolute Gasteiger partial charge is 0.0767 e. The fourth-order valence-electron chi connectivity index (χ4n) is 8.00. The molecule has 0 saturated heterocycles. The van der Waals surface area contributed by atoms with Gasteiger partial charge in [-0.3, -0.25) is 0 Å². The van der Waals surface area contributed by atoms with Crippen molar-refractivity contribution < 1.29 is 0 Å². The highest BCUT2D eigenvalue weighted by Gasteiger charge is 2.30. The van der Waals surface area contributed by atoms with Gasteiger partial charge in [0.15, 0.2) is 0 Å². The van der Waals surface area contributed by atoms with Gasteiger partial charge >= 0.3 is 0 Å². The van der Waals surface area contributed by atoms with Crippen LogP contribution in [0.1, 0.15) is 75.4 Å². The molecule has 6 rings (SSSR count). The van der Waals surface area contributed by atoms with Gasteiger partial charge in [-0.05, 0) is 146 Å². The van der Waals surface area contributed by atoms with Gasteiger partial charge in [0.25, 0.3) is 0 Å². The molecule has 0 nitrogen and oxygen atoms in total. The second-order valence-corrected chi connectivity index (χ2v) is 19.3. The van der Waals surface area contributed by atoms with Gasteiger partial charge < -0.3 is 0 Å². The molecule has 1 aliphatic carbocycles. The monoisotopic (exact) mass is 692 g/mol. The molecule has 1 aliphatic rings. The zero-order valence-electron chi connectivity index (χ0n) is 31.9. The second kappa shape index (κ2) is 15.4. The molecule has 0 aliphatic heterocycles. The van der Waals surface area contributed by atoms with E-state index in [-0.39, 0.29) is 0 Å². The third kappa shape index (κ3) is 8.15. The SMILES string of the molecule is CCC1C=CC(CCc2ccc(C)c(P(c3cc(C)cc(C)c3)c3cc(C)cc(C)c3)c2)=C1P(c1cc(C)cc(C)c1)c1cc(C)cc(C)c1. The Morgan fingerprint density at radius 3 is 1.26 bits per heavy atom. The fraction of sp³-hybridized carbons (Fsp3) is 0.292. The standard InChI is InChI=1S/C48H54P2/c1-11-41-16-17-42(48(41)50(45-26-35(6)20-36(7)27-45)46-28-37(8)21-38(9)29-46)15-14-40-13-12-39(10)47(30-40)49(43-22-31(2)18-32(3)23-43)44-24-33(4)19-34(5)25-44/h12-13,16-30,41H,11,14-15H2,1-10H3. The summed E-state index contributed by atoms with van der Waals surface area (Å²) in [6.07, 6.45) is 8.22. The van der Waals surface area contributed by atoms with Crippen LogP contribution in [0.25, 0.3) is 0 Å². The Morgan fingerprint density at radius 1 is 0.460 bits per heavy atom. The Labute approximate surface area is 305 Å². The van der Waals surface area contributed by atoms with Gasteiger partial charge in [0.1, 0.15) is 0 Å². The molecule has 1 atom stereocenters. The lowest BCUT2D eigenvalue weighted by Crippen LogP contribution is -2.24. The molecule has 1 unspecified atom stereocenters. The van der Waals surface area contributed by atoms with Crippen LogP contribution in [-0.2, 0) is 6.42 Å². The summed E-state index contributed by atoms with van der Waals surface area (Å²) in [5.41, 5.74) is 15.2. The lowest BCUT2D eigenvalue weighted by Gasteiger charge is -2.28. The van der Waals surface area contributed by atoms with Gasteiger partial charge in [0.05, 0.1) is 0 Å². The topological polar surface area (TPSA) is 0 Å². The van der Waals surface area contributed by atoms with Gasteiger partial charge in [0.2, 0.25) is 0 Å². The molecule has 50 heavy (non-hydrogen) atoms. The smallest absolute Gasteiger partial charge is 0.00320 e. The Hall–Kier alpha value is -3.56. The van der Waals surface area contributed by atoms with Crippen LogP contribution in [0.2, 0.25) is 0 Å². The molecule has 0 N–H and O–H groups in total. The van der Waals surface area contributed by atoms with Crippen molar-refractivity contribution in [1.82, 2.24) is 0 Å². The first-order valence-corrected chi connectivity index (χ1v) is 21.0. The molecule has 0 spiro atoms. The molecule has 0 fully saturated rings. The van der Waals surface area contributed by atoms with Gasteiger partial charge in [-0.15, -0.1) is 0 Å². The van der Waals surface area contributed by atoms with Crippen molar-refractivity contribution >= 4 is 42.4 Å². The van der Waals surface area contributed by atoms with E-state index in [2.05, 4.69) is 172 Å². The van der Waals surface area contributed by atoms with Crippen molar-refractivity contribution in [2.45, 2.75) is 88.5 Å². The van der Waals surface area contributed by atoms with E-state index in [0.29, 0.717) is 5.92 Å². The Bertz CT molecular complexity index is 1930. The number of hydrogen-bond acceptors (Lipinski definition) is 0. The average molecular weight is 693 g/mol. The predicted molar refractivity (Wildman–Crippen MR) is 225 cm³/mol. The van der Waals surface area contributed by atoms with Crippen LogP contribution < -0.4 is 26.5 Å². The summed E-state index contributed by atoms with van der Waals surface area (Å²) >= 11 is 0. The van der Waals surface area contributed by atoms with E-state index in [1.54, 1.807) is 10.9 Å². The fourth-order valence-corrected chi connectivity index (χ4v) is 14.2. The summed E-state index contributed by atoms with van der Waals surface area (Å²) in [7, 11) is -1.35. The summed E-state index contributed by atoms with van der Waals surface area (Å²) in [6, 6.07) is 36.1. The Balaban J connectivity index is 1.43. The third-order valence-electron chi connectivity index (χ3n) is 9.95. The maximum Gasteiger partial charge on any atom is 0.00320 e. The van der Waals surface area contributed by atoms with Crippen LogP contribution in [0, 0.1) is 68.2 Å². The number of benzene rings is 5. The zero-order valence-corrected chi connectivity index (χ0v) is 33.7. The molecule has 0 aromatic heterocycles.